The molecule has 0 unspecified atom stereocenters. The van der Waals surface area contributed by atoms with Gasteiger partial charge in [-0.25, -0.2) is 0 Å². The monoisotopic (exact) mass is 579 g/mol. The van der Waals surface area contributed by atoms with Crippen LogP contribution < -0.4 is 5.32 Å². The van der Waals surface area contributed by atoms with Crippen molar-refractivity contribution in [2.24, 2.45) is 0 Å². The summed E-state index contributed by atoms with van der Waals surface area (Å²) in [7, 11) is 0. The fourth-order valence-corrected chi connectivity index (χ4v) is 5.66. The molecule has 0 spiro atoms. The first kappa shape index (κ1) is 29.2. The number of ether oxygens (including phenoxy) is 3. The number of pyridine rings is 1. The van der Waals surface area contributed by atoms with E-state index >= 15 is 0 Å². The van der Waals surface area contributed by atoms with E-state index in [2.05, 4.69) is 45.5 Å². The number of carbonyl (C=O) groups excluding carboxylic acids is 1. The van der Waals surface area contributed by atoms with Crippen LogP contribution in [0.25, 0.3) is 11.1 Å². The summed E-state index contributed by atoms with van der Waals surface area (Å²) < 4.78 is 18.6. The number of nitrogens with one attached hydrogen (secondary N) is 1. The second-order valence-corrected chi connectivity index (χ2v) is 11.0. The van der Waals surface area contributed by atoms with E-state index in [9.17, 15) is 9.90 Å². The van der Waals surface area contributed by atoms with Crippen molar-refractivity contribution in [3.05, 3.63) is 125 Å². The number of carbonyl (C=O) groups is 1. The molecule has 8 nitrogen and oxygen atoms in total. The zero-order valence-electron chi connectivity index (χ0n) is 24.1. The Morgan fingerprint density at radius 3 is 2.42 bits per heavy atom. The lowest BCUT2D eigenvalue weighted by atomic mass is 9.97. The molecule has 0 bridgehead atoms. The van der Waals surface area contributed by atoms with E-state index in [1.807, 2.05) is 42.5 Å². The van der Waals surface area contributed by atoms with Crippen LogP contribution in [0.3, 0.4) is 0 Å². The molecule has 2 fully saturated rings. The maximum Gasteiger partial charge on any atom is 0.253 e. The van der Waals surface area contributed by atoms with Gasteiger partial charge in [0, 0.05) is 50.6 Å². The highest BCUT2D eigenvalue weighted by atomic mass is 16.7. The van der Waals surface area contributed by atoms with E-state index in [1.165, 1.54) is 0 Å². The van der Waals surface area contributed by atoms with Gasteiger partial charge in [0.1, 0.15) is 0 Å². The number of hydrogen-bond donors (Lipinski definition) is 2. The van der Waals surface area contributed by atoms with Crippen molar-refractivity contribution in [1.82, 2.24) is 15.2 Å². The summed E-state index contributed by atoms with van der Waals surface area (Å²) in [5, 5.41) is 12.5. The number of aliphatic hydroxyl groups excluding tert-OH is 1. The Morgan fingerprint density at radius 1 is 0.907 bits per heavy atom. The molecule has 2 N–H and O–H groups in total. The largest absolute Gasteiger partial charge is 0.392 e. The average molecular weight is 580 g/mol. The van der Waals surface area contributed by atoms with Crippen LogP contribution in [0.5, 0.6) is 0 Å². The van der Waals surface area contributed by atoms with Crippen molar-refractivity contribution in [1.29, 1.82) is 0 Å². The third kappa shape index (κ3) is 7.36. The smallest absolute Gasteiger partial charge is 0.253 e. The quantitative estimate of drug-likeness (QED) is 0.287. The van der Waals surface area contributed by atoms with Crippen LogP contribution in [-0.2, 0) is 27.4 Å². The second kappa shape index (κ2) is 14.0. The third-order valence-electron chi connectivity index (χ3n) is 8.05. The molecule has 2 aliphatic rings. The summed E-state index contributed by atoms with van der Waals surface area (Å²) in [6.07, 6.45) is 3.34. The molecule has 3 atom stereocenters. The molecule has 0 aliphatic carbocycles. The number of nitrogens with zero attached hydrogens (tertiary/aromatic N) is 2. The maximum atomic E-state index is 12.6. The van der Waals surface area contributed by atoms with Crippen molar-refractivity contribution in [2.45, 2.75) is 38.1 Å². The molecule has 6 rings (SSSR count). The van der Waals surface area contributed by atoms with Crippen LogP contribution in [-0.4, -0.2) is 59.8 Å². The molecular formula is C35H37N3O5. The van der Waals surface area contributed by atoms with Gasteiger partial charge in [-0.1, -0.05) is 72.8 Å². The summed E-state index contributed by atoms with van der Waals surface area (Å²) in [5.74, 6) is -0.156. The number of morpholine rings is 1. The normalized spacial score (nSPS) is 20.9. The fourth-order valence-electron chi connectivity index (χ4n) is 5.66. The minimum absolute atomic E-state index is 0.00296. The molecular weight excluding hydrogens is 542 g/mol. The lowest BCUT2D eigenvalue weighted by Crippen LogP contribution is -2.44. The van der Waals surface area contributed by atoms with Crippen molar-refractivity contribution in [2.75, 3.05) is 32.8 Å². The first-order chi connectivity index (χ1) is 21.2. The van der Waals surface area contributed by atoms with Crippen molar-refractivity contribution >= 4 is 5.91 Å². The van der Waals surface area contributed by atoms with Gasteiger partial charge in [0.25, 0.3) is 5.91 Å². The van der Waals surface area contributed by atoms with E-state index in [4.69, 9.17) is 14.2 Å². The van der Waals surface area contributed by atoms with E-state index in [0.717, 1.165) is 72.6 Å². The molecule has 8 heteroatoms. The highest BCUT2D eigenvalue weighted by Gasteiger charge is 2.33. The zero-order chi connectivity index (χ0) is 29.4. The van der Waals surface area contributed by atoms with Gasteiger partial charge in [-0.05, 0) is 39.9 Å². The van der Waals surface area contributed by atoms with Gasteiger partial charge in [-0.2, -0.15) is 0 Å². The van der Waals surface area contributed by atoms with Gasteiger partial charge in [0.05, 0.1) is 37.6 Å². The Kier molecular flexibility index (Phi) is 9.52. The Morgan fingerprint density at radius 2 is 1.67 bits per heavy atom. The van der Waals surface area contributed by atoms with Gasteiger partial charge >= 0.3 is 0 Å². The maximum absolute atomic E-state index is 12.6. The lowest BCUT2D eigenvalue weighted by molar-refractivity contribution is -0.253. The van der Waals surface area contributed by atoms with Crippen LogP contribution in [0.1, 0.15) is 51.4 Å². The molecule has 0 saturated carbocycles. The number of rotatable bonds is 9. The van der Waals surface area contributed by atoms with E-state index in [0.29, 0.717) is 12.1 Å². The molecule has 1 amide bonds. The lowest BCUT2D eigenvalue weighted by Gasteiger charge is -2.39. The molecule has 222 valence electrons. The average Bonchev–Trinajstić information content (AvgIpc) is 3.08. The van der Waals surface area contributed by atoms with E-state index in [-0.39, 0.29) is 24.7 Å². The number of benzene rings is 3. The number of aromatic nitrogens is 1. The fraction of sp³-hybridized carbons (Fsp3) is 0.314. The van der Waals surface area contributed by atoms with Crippen LogP contribution in [0.15, 0.2) is 97.3 Å². The van der Waals surface area contributed by atoms with Gasteiger partial charge in [0.2, 0.25) is 0 Å². The third-order valence-corrected chi connectivity index (χ3v) is 8.05. The molecule has 43 heavy (non-hydrogen) atoms. The Hall–Kier alpha value is -3.92. The zero-order valence-corrected chi connectivity index (χ0v) is 24.1. The highest BCUT2D eigenvalue weighted by molar-refractivity contribution is 5.93. The number of hydrogen-bond acceptors (Lipinski definition) is 7. The standard InChI is InChI=1S/C35H37N3O5/c39-24-25-7-9-27(10-8-25)33-20-31(23-38-16-18-41-19-17-38)42-35(43-33)28-13-11-26(12-14-28)32-6-2-1-4-29(32)22-37-34(40)30-5-3-15-36-21-30/h1-15,21,31,33,35,39H,16-20,22-24H2,(H,37,40)/t31-,33+,35+/m1/s1. The highest BCUT2D eigenvalue weighted by Crippen LogP contribution is 2.39. The van der Waals surface area contributed by atoms with Crippen LogP contribution >= 0.6 is 0 Å². The minimum Gasteiger partial charge on any atom is -0.392 e. The summed E-state index contributed by atoms with van der Waals surface area (Å²) >= 11 is 0. The summed E-state index contributed by atoms with van der Waals surface area (Å²) in [6.45, 7) is 4.54. The first-order valence-corrected chi connectivity index (χ1v) is 14.8. The topological polar surface area (TPSA) is 93.2 Å². The van der Waals surface area contributed by atoms with Crippen LogP contribution in [0.2, 0.25) is 0 Å². The van der Waals surface area contributed by atoms with E-state index < -0.39 is 6.29 Å². The molecule has 1 aromatic heterocycles. The predicted molar refractivity (Wildman–Crippen MR) is 163 cm³/mol. The van der Waals surface area contributed by atoms with Gasteiger partial charge < -0.3 is 24.6 Å². The molecule has 3 aromatic carbocycles. The van der Waals surface area contributed by atoms with Gasteiger partial charge in [-0.15, -0.1) is 0 Å². The van der Waals surface area contributed by atoms with Crippen LogP contribution in [0, 0.1) is 0 Å². The van der Waals surface area contributed by atoms with Crippen LogP contribution in [0.4, 0.5) is 0 Å². The molecule has 4 aromatic rings. The Balaban J connectivity index is 1.18. The van der Waals surface area contributed by atoms with Crippen molar-refractivity contribution in [3.8, 4) is 11.1 Å². The summed E-state index contributed by atoms with van der Waals surface area (Å²) in [5.41, 5.74) is 6.57. The van der Waals surface area contributed by atoms with Crippen molar-refractivity contribution < 1.29 is 24.1 Å². The van der Waals surface area contributed by atoms with Crippen molar-refractivity contribution in [3.63, 3.8) is 0 Å². The number of amides is 1. The van der Waals surface area contributed by atoms with E-state index in [1.54, 1.807) is 24.5 Å². The molecule has 0 radical (unpaired) electrons. The van der Waals surface area contributed by atoms with Gasteiger partial charge in [-0.3, -0.25) is 14.7 Å². The number of aliphatic hydroxyl groups is 1. The summed E-state index contributed by atoms with van der Waals surface area (Å²) in [6, 6.07) is 27.9. The predicted octanol–water partition coefficient (Wildman–Crippen LogP) is 5.05. The SMILES string of the molecule is O=C(NCc1ccccc1-c1ccc([C@H]2O[C@@H](CN3CCOCC3)C[C@@H](c3ccc(CO)cc3)O2)cc1)c1cccnc1. The Labute approximate surface area is 252 Å². The molecule has 3 heterocycles. The summed E-state index contributed by atoms with van der Waals surface area (Å²) in [4.78, 5) is 19.0. The molecule has 2 aliphatic heterocycles. The van der Waals surface area contributed by atoms with Gasteiger partial charge in [0.15, 0.2) is 6.29 Å². The second-order valence-electron chi connectivity index (χ2n) is 11.0. The Bertz CT molecular complexity index is 1470. The molecule has 2 saturated heterocycles. The first-order valence-electron chi connectivity index (χ1n) is 14.8. The minimum atomic E-state index is -0.509.